The zero-order valence-electron chi connectivity index (χ0n) is 15.2. The number of carbonyl (C=O) groups is 2. The van der Waals surface area contributed by atoms with Gasteiger partial charge in [0.15, 0.2) is 0 Å². The summed E-state index contributed by atoms with van der Waals surface area (Å²) in [6, 6.07) is 8.04. The lowest BCUT2D eigenvalue weighted by Gasteiger charge is -2.22. The SMILES string of the molecule is CS(=O)(=O)N(CC(=O)NNC(=O)c1cc2c(s1)CCCC2)c1cccc(Cl)c1. The van der Waals surface area contributed by atoms with Crippen LogP contribution in [-0.4, -0.2) is 33.0 Å². The molecule has 1 aromatic heterocycles. The number of anilines is 1. The lowest BCUT2D eigenvalue weighted by Crippen LogP contribution is -2.47. The first-order valence-electron chi connectivity index (χ1n) is 8.68. The number of halogens is 1. The minimum atomic E-state index is -3.72. The maximum absolute atomic E-state index is 12.3. The van der Waals surface area contributed by atoms with E-state index in [1.54, 1.807) is 12.1 Å². The Hall–Kier alpha value is -2.10. The van der Waals surface area contributed by atoms with Gasteiger partial charge in [-0.2, -0.15) is 0 Å². The smallest absolute Gasteiger partial charge is 0.271 e. The fraction of sp³-hybridized carbons (Fsp3) is 0.333. The van der Waals surface area contributed by atoms with E-state index < -0.39 is 28.4 Å². The number of thiophene rings is 1. The topological polar surface area (TPSA) is 95.6 Å². The second-order valence-electron chi connectivity index (χ2n) is 6.52. The van der Waals surface area contributed by atoms with Gasteiger partial charge in [-0.1, -0.05) is 17.7 Å². The summed E-state index contributed by atoms with van der Waals surface area (Å²) >= 11 is 7.34. The minimum Gasteiger partial charge on any atom is -0.271 e. The number of hydrogen-bond donors (Lipinski definition) is 2. The molecule has 2 aromatic rings. The summed E-state index contributed by atoms with van der Waals surface area (Å²) in [4.78, 5) is 26.3. The Morgan fingerprint density at radius 3 is 2.61 bits per heavy atom. The molecule has 0 atom stereocenters. The molecule has 0 saturated carbocycles. The van der Waals surface area contributed by atoms with Gasteiger partial charge in [0.1, 0.15) is 6.54 Å². The molecule has 0 fully saturated rings. The molecular weight excluding hydrogens is 422 g/mol. The van der Waals surface area contributed by atoms with E-state index in [0.29, 0.717) is 9.90 Å². The summed E-state index contributed by atoms with van der Waals surface area (Å²) in [6.07, 6.45) is 5.18. The third-order valence-electron chi connectivity index (χ3n) is 4.32. The molecular formula is C18H20ClN3O4S2. The van der Waals surface area contributed by atoms with Gasteiger partial charge < -0.3 is 0 Å². The molecule has 0 saturated heterocycles. The molecule has 0 unspecified atom stereocenters. The number of nitrogens with one attached hydrogen (secondary N) is 2. The number of benzene rings is 1. The van der Waals surface area contributed by atoms with Crippen molar-refractivity contribution in [3.05, 3.63) is 50.7 Å². The molecule has 0 aliphatic heterocycles. The van der Waals surface area contributed by atoms with E-state index in [0.717, 1.165) is 36.2 Å². The van der Waals surface area contributed by atoms with Crippen LogP contribution in [0.1, 0.15) is 33.0 Å². The first-order valence-corrected chi connectivity index (χ1v) is 11.7. The van der Waals surface area contributed by atoms with Gasteiger partial charge in [0.25, 0.3) is 11.8 Å². The van der Waals surface area contributed by atoms with Crippen molar-refractivity contribution in [3.8, 4) is 0 Å². The van der Waals surface area contributed by atoms with Crippen molar-refractivity contribution in [1.29, 1.82) is 0 Å². The fourth-order valence-electron chi connectivity index (χ4n) is 2.99. The van der Waals surface area contributed by atoms with Crippen molar-refractivity contribution < 1.29 is 18.0 Å². The second kappa shape index (κ2) is 8.50. The highest BCUT2D eigenvalue weighted by Gasteiger charge is 2.22. The van der Waals surface area contributed by atoms with E-state index in [2.05, 4.69) is 10.9 Å². The predicted octanol–water partition coefficient (Wildman–Crippen LogP) is 2.51. The molecule has 1 heterocycles. The van der Waals surface area contributed by atoms with Gasteiger partial charge in [0.2, 0.25) is 10.0 Å². The van der Waals surface area contributed by atoms with Crippen molar-refractivity contribution in [2.24, 2.45) is 0 Å². The van der Waals surface area contributed by atoms with Crippen LogP contribution in [0, 0.1) is 0 Å². The number of hydrogen-bond acceptors (Lipinski definition) is 5. The van der Waals surface area contributed by atoms with Crippen molar-refractivity contribution in [2.75, 3.05) is 17.1 Å². The van der Waals surface area contributed by atoms with Gasteiger partial charge in [0, 0.05) is 9.90 Å². The van der Waals surface area contributed by atoms with Crippen LogP contribution in [0.4, 0.5) is 5.69 Å². The van der Waals surface area contributed by atoms with E-state index in [-0.39, 0.29) is 5.69 Å². The average molecular weight is 442 g/mol. The Labute approximate surface area is 172 Å². The minimum absolute atomic E-state index is 0.266. The van der Waals surface area contributed by atoms with Crippen molar-refractivity contribution in [2.45, 2.75) is 25.7 Å². The van der Waals surface area contributed by atoms with Crippen molar-refractivity contribution >= 4 is 50.5 Å². The molecule has 28 heavy (non-hydrogen) atoms. The summed E-state index contributed by atoms with van der Waals surface area (Å²) in [5.41, 5.74) is 6.09. The number of fused-ring (bicyclic) bond motifs is 1. The van der Waals surface area contributed by atoms with Crippen LogP contribution in [0.5, 0.6) is 0 Å². The lowest BCUT2D eigenvalue weighted by molar-refractivity contribution is -0.120. The highest BCUT2D eigenvalue weighted by Crippen LogP contribution is 2.29. The number of rotatable bonds is 5. The van der Waals surface area contributed by atoms with E-state index in [1.807, 2.05) is 6.07 Å². The van der Waals surface area contributed by atoms with E-state index in [4.69, 9.17) is 11.6 Å². The summed E-state index contributed by atoms with van der Waals surface area (Å²) in [5.74, 6) is -1.08. The molecule has 10 heteroatoms. The standard InChI is InChI=1S/C18H20ClN3O4S2/c1-28(25,26)22(14-7-4-6-13(19)10-14)11-17(23)20-21-18(24)16-9-12-5-2-3-8-15(12)27-16/h4,6-7,9-10H,2-3,5,8,11H2,1H3,(H,20,23)(H,21,24). The molecule has 2 N–H and O–H groups in total. The van der Waals surface area contributed by atoms with Crippen LogP contribution >= 0.6 is 22.9 Å². The zero-order chi connectivity index (χ0) is 20.3. The van der Waals surface area contributed by atoms with Crippen LogP contribution in [0.3, 0.4) is 0 Å². The molecule has 0 spiro atoms. The van der Waals surface area contributed by atoms with E-state index in [9.17, 15) is 18.0 Å². The Kier molecular flexibility index (Phi) is 6.26. The third kappa shape index (κ3) is 5.03. The normalized spacial score (nSPS) is 13.5. The van der Waals surface area contributed by atoms with Crippen molar-refractivity contribution in [3.63, 3.8) is 0 Å². The van der Waals surface area contributed by atoms with E-state index in [1.165, 1.54) is 33.9 Å². The van der Waals surface area contributed by atoms with E-state index >= 15 is 0 Å². The van der Waals surface area contributed by atoms with Crippen molar-refractivity contribution in [1.82, 2.24) is 10.9 Å². The van der Waals surface area contributed by atoms with Gasteiger partial charge in [-0.15, -0.1) is 11.3 Å². The van der Waals surface area contributed by atoms with Crippen LogP contribution < -0.4 is 15.2 Å². The molecule has 7 nitrogen and oxygen atoms in total. The summed E-state index contributed by atoms with van der Waals surface area (Å²) < 4.78 is 25.1. The molecule has 150 valence electrons. The zero-order valence-corrected chi connectivity index (χ0v) is 17.6. The molecule has 1 aliphatic carbocycles. The number of nitrogens with zero attached hydrogens (tertiary/aromatic N) is 1. The Morgan fingerprint density at radius 2 is 1.93 bits per heavy atom. The second-order valence-corrected chi connectivity index (χ2v) is 10.00. The first-order chi connectivity index (χ1) is 13.2. The fourth-order valence-corrected chi connectivity index (χ4v) is 5.17. The van der Waals surface area contributed by atoms with Crippen LogP contribution in [0.15, 0.2) is 30.3 Å². The Balaban J connectivity index is 1.63. The maximum Gasteiger partial charge on any atom is 0.279 e. The summed E-state index contributed by atoms with van der Waals surface area (Å²) in [5, 5.41) is 0.349. The number of hydrazine groups is 1. The molecule has 1 aromatic carbocycles. The number of carbonyl (C=O) groups excluding carboxylic acids is 2. The van der Waals surface area contributed by atoms with Gasteiger partial charge in [-0.25, -0.2) is 8.42 Å². The monoisotopic (exact) mass is 441 g/mol. The lowest BCUT2D eigenvalue weighted by atomic mass is 9.99. The highest BCUT2D eigenvalue weighted by atomic mass is 35.5. The molecule has 0 bridgehead atoms. The number of aryl methyl sites for hydroxylation is 2. The van der Waals surface area contributed by atoms with Gasteiger partial charge in [0.05, 0.1) is 16.8 Å². The van der Waals surface area contributed by atoms with Gasteiger partial charge >= 0.3 is 0 Å². The van der Waals surface area contributed by atoms with Gasteiger partial charge in [-0.05, 0) is 55.5 Å². The maximum atomic E-state index is 12.3. The molecule has 2 amide bonds. The van der Waals surface area contributed by atoms with Crippen LogP contribution in [-0.2, 0) is 27.7 Å². The average Bonchev–Trinajstić information content (AvgIpc) is 3.07. The number of sulfonamides is 1. The summed E-state index contributed by atoms with van der Waals surface area (Å²) in [6.45, 7) is -0.486. The molecule has 3 rings (SSSR count). The predicted molar refractivity (Wildman–Crippen MR) is 110 cm³/mol. The quantitative estimate of drug-likeness (QED) is 0.697. The Bertz CT molecular complexity index is 981. The third-order valence-corrected chi connectivity index (χ3v) is 6.93. The largest absolute Gasteiger partial charge is 0.279 e. The molecule has 1 aliphatic rings. The summed E-state index contributed by atoms with van der Waals surface area (Å²) in [7, 11) is -3.72. The van der Waals surface area contributed by atoms with Gasteiger partial charge in [-0.3, -0.25) is 24.7 Å². The van der Waals surface area contributed by atoms with Crippen LogP contribution in [0.25, 0.3) is 0 Å². The van der Waals surface area contributed by atoms with Crippen LogP contribution in [0.2, 0.25) is 5.02 Å². The Morgan fingerprint density at radius 1 is 1.18 bits per heavy atom. The number of amides is 2. The first kappa shape index (κ1) is 20.6. The highest BCUT2D eigenvalue weighted by molar-refractivity contribution is 7.92. The molecule has 0 radical (unpaired) electrons.